The van der Waals surface area contributed by atoms with Gasteiger partial charge in [-0.25, -0.2) is 4.98 Å². The number of nitrogens with zero attached hydrogens (tertiary/aromatic N) is 2. The third-order valence-electron chi connectivity index (χ3n) is 4.72. The fourth-order valence-electron chi connectivity index (χ4n) is 3.54. The van der Waals surface area contributed by atoms with Gasteiger partial charge in [0, 0.05) is 23.9 Å². The highest BCUT2D eigenvalue weighted by Crippen LogP contribution is 2.19. The lowest BCUT2D eigenvalue weighted by atomic mass is 10.1. The number of nitrogens with one attached hydrogen (secondary N) is 1. The fraction of sp³-hybridized carbons (Fsp3) is 0.524. The molecule has 0 unspecified atom stereocenters. The van der Waals surface area contributed by atoms with Gasteiger partial charge in [0.05, 0.1) is 0 Å². The molecule has 1 N–H and O–H groups in total. The Bertz CT molecular complexity index is 743. The standard InChI is InChI=1S/C21H29N3O/c1-16(2)12-19-14-20(25)23-21(22-19)18-9-7-8-17(13-18)15-24-10-5-3-4-6-11-24/h7-9,13-14,16H,3-6,10-12,15H2,1-2H3,(H,22,23,25). The highest BCUT2D eigenvalue weighted by molar-refractivity contribution is 5.56. The summed E-state index contributed by atoms with van der Waals surface area (Å²) in [4.78, 5) is 22.1. The molecule has 2 aromatic rings. The molecule has 0 atom stereocenters. The Morgan fingerprint density at radius 3 is 2.60 bits per heavy atom. The summed E-state index contributed by atoms with van der Waals surface area (Å²) >= 11 is 0. The topological polar surface area (TPSA) is 49.0 Å². The van der Waals surface area contributed by atoms with E-state index in [0.717, 1.165) is 24.2 Å². The molecule has 0 aliphatic carbocycles. The average molecular weight is 339 g/mol. The summed E-state index contributed by atoms with van der Waals surface area (Å²) in [5, 5.41) is 0. The number of benzene rings is 1. The van der Waals surface area contributed by atoms with Gasteiger partial charge < -0.3 is 4.98 Å². The van der Waals surface area contributed by atoms with E-state index >= 15 is 0 Å². The lowest BCUT2D eigenvalue weighted by Gasteiger charge is -2.20. The molecule has 3 rings (SSSR count). The number of likely N-dealkylation sites (tertiary alicyclic amines) is 1. The van der Waals surface area contributed by atoms with Crippen LogP contribution in [0.1, 0.15) is 50.8 Å². The minimum absolute atomic E-state index is 0.0708. The van der Waals surface area contributed by atoms with Crippen molar-refractivity contribution in [1.29, 1.82) is 0 Å². The molecule has 1 saturated heterocycles. The molecule has 1 aromatic heterocycles. The zero-order chi connectivity index (χ0) is 17.6. The van der Waals surface area contributed by atoms with E-state index in [-0.39, 0.29) is 5.56 Å². The largest absolute Gasteiger partial charge is 0.307 e. The van der Waals surface area contributed by atoms with Crippen molar-refractivity contribution in [2.24, 2.45) is 5.92 Å². The van der Waals surface area contributed by atoms with Gasteiger partial charge in [0.2, 0.25) is 0 Å². The van der Waals surface area contributed by atoms with Crippen molar-refractivity contribution in [1.82, 2.24) is 14.9 Å². The fourth-order valence-corrected chi connectivity index (χ4v) is 3.54. The first-order chi connectivity index (χ1) is 12.1. The monoisotopic (exact) mass is 339 g/mol. The Kier molecular flexibility index (Phi) is 6.03. The summed E-state index contributed by atoms with van der Waals surface area (Å²) in [6.45, 7) is 7.63. The first-order valence-corrected chi connectivity index (χ1v) is 9.52. The number of hydrogen-bond donors (Lipinski definition) is 1. The second-order valence-electron chi connectivity index (χ2n) is 7.57. The van der Waals surface area contributed by atoms with Crippen LogP contribution in [0, 0.1) is 5.92 Å². The second kappa shape index (κ2) is 8.43. The first-order valence-electron chi connectivity index (χ1n) is 9.52. The van der Waals surface area contributed by atoms with Crippen molar-refractivity contribution in [3.05, 3.63) is 51.9 Å². The van der Waals surface area contributed by atoms with Crippen molar-refractivity contribution < 1.29 is 0 Å². The van der Waals surface area contributed by atoms with Gasteiger partial charge >= 0.3 is 0 Å². The number of hydrogen-bond acceptors (Lipinski definition) is 3. The molecule has 134 valence electrons. The number of aromatic nitrogens is 2. The van der Waals surface area contributed by atoms with Crippen LogP contribution in [0.3, 0.4) is 0 Å². The highest BCUT2D eigenvalue weighted by atomic mass is 16.1. The molecular weight excluding hydrogens is 310 g/mol. The molecule has 1 aliphatic rings. The molecule has 0 spiro atoms. The maximum Gasteiger partial charge on any atom is 0.251 e. The van der Waals surface area contributed by atoms with E-state index < -0.39 is 0 Å². The SMILES string of the molecule is CC(C)Cc1cc(=O)[nH]c(-c2cccc(CN3CCCCCC3)c2)n1. The van der Waals surface area contributed by atoms with Crippen LogP contribution in [0.25, 0.3) is 11.4 Å². The molecule has 0 amide bonds. The normalized spacial score (nSPS) is 16.1. The van der Waals surface area contributed by atoms with E-state index in [4.69, 9.17) is 0 Å². The van der Waals surface area contributed by atoms with Crippen LogP contribution in [0.4, 0.5) is 0 Å². The van der Waals surface area contributed by atoms with Gasteiger partial charge in [0.15, 0.2) is 0 Å². The lowest BCUT2D eigenvalue weighted by Crippen LogP contribution is -2.23. The van der Waals surface area contributed by atoms with Crippen molar-refractivity contribution >= 4 is 0 Å². The third kappa shape index (κ3) is 5.27. The van der Waals surface area contributed by atoms with Crippen molar-refractivity contribution in [2.45, 2.75) is 52.5 Å². The van der Waals surface area contributed by atoms with Gasteiger partial charge in [0.1, 0.15) is 5.82 Å². The van der Waals surface area contributed by atoms with Crippen LogP contribution in [0.15, 0.2) is 35.1 Å². The van der Waals surface area contributed by atoms with Gasteiger partial charge in [-0.2, -0.15) is 0 Å². The Morgan fingerprint density at radius 2 is 1.88 bits per heavy atom. The van der Waals surface area contributed by atoms with Gasteiger partial charge in [-0.1, -0.05) is 44.9 Å². The molecule has 4 nitrogen and oxygen atoms in total. The van der Waals surface area contributed by atoms with Crippen LogP contribution < -0.4 is 5.56 Å². The highest BCUT2D eigenvalue weighted by Gasteiger charge is 2.11. The zero-order valence-electron chi connectivity index (χ0n) is 15.4. The summed E-state index contributed by atoms with van der Waals surface area (Å²) in [6.07, 6.45) is 6.12. The zero-order valence-corrected chi connectivity index (χ0v) is 15.4. The lowest BCUT2D eigenvalue weighted by molar-refractivity contribution is 0.277. The Labute approximate surface area is 150 Å². The Morgan fingerprint density at radius 1 is 1.12 bits per heavy atom. The second-order valence-corrected chi connectivity index (χ2v) is 7.57. The van der Waals surface area contributed by atoms with Gasteiger partial charge in [-0.05, 0) is 49.9 Å². The maximum atomic E-state index is 12.0. The molecule has 1 aromatic carbocycles. The molecule has 2 heterocycles. The Hall–Kier alpha value is -1.94. The summed E-state index contributed by atoms with van der Waals surface area (Å²) in [6, 6.07) is 10.1. The van der Waals surface area contributed by atoms with E-state index in [1.165, 1.54) is 44.3 Å². The average Bonchev–Trinajstić information content (AvgIpc) is 2.82. The van der Waals surface area contributed by atoms with E-state index in [9.17, 15) is 4.79 Å². The van der Waals surface area contributed by atoms with Gasteiger partial charge in [-0.3, -0.25) is 9.69 Å². The van der Waals surface area contributed by atoms with E-state index in [1.807, 2.05) is 6.07 Å². The van der Waals surface area contributed by atoms with Crippen molar-refractivity contribution in [3.8, 4) is 11.4 Å². The maximum absolute atomic E-state index is 12.0. The molecule has 1 aliphatic heterocycles. The first kappa shape index (κ1) is 17.9. The molecule has 25 heavy (non-hydrogen) atoms. The minimum atomic E-state index is -0.0708. The third-order valence-corrected chi connectivity index (χ3v) is 4.72. The van der Waals surface area contributed by atoms with Gasteiger partial charge in [0.25, 0.3) is 5.56 Å². The molecule has 1 fully saturated rings. The van der Waals surface area contributed by atoms with Crippen LogP contribution in [-0.4, -0.2) is 28.0 Å². The van der Waals surface area contributed by atoms with Crippen LogP contribution in [0.5, 0.6) is 0 Å². The minimum Gasteiger partial charge on any atom is -0.307 e. The van der Waals surface area contributed by atoms with E-state index in [1.54, 1.807) is 6.07 Å². The van der Waals surface area contributed by atoms with Crippen molar-refractivity contribution in [3.63, 3.8) is 0 Å². The number of aromatic amines is 1. The van der Waals surface area contributed by atoms with Crippen LogP contribution in [0.2, 0.25) is 0 Å². The molecule has 0 saturated carbocycles. The Balaban J connectivity index is 1.81. The number of H-pyrrole nitrogens is 1. The van der Waals surface area contributed by atoms with Crippen LogP contribution in [-0.2, 0) is 13.0 Å². The molecular formula is C21H29N3O. The molecule has 0 radical (unpaired) electrons. The quantitative estimate of drug-likeness (QED) is 0.895. The van der Waals surface area contributed by atoms with E-state index in [2.05, 4.69) is 46.9 Å². The summed E-state index contributed by atoms with van der Waals surface area (Å²) < 4.78 is 0. The van der Waals surface area contributed by atoms with Gasteiger partial charge in [-0.15, -0.1) is 0 Å². The molecule has 4 heteroatoms. The smallest absolute Gasteiger partial charge is 0.251 e. The van der Waals surface area contributed by atoms with Crippen molar-refractivity contribution in [2.75, 3.05) is 13.1 Å². The molecule has 0 bridgehead atoms. The predicted octanol–water partition coefficient (Wildman–Crippen LogP) is 4.01. The van der Waals surface area contributed by atoms with E-state index in [0.29, 0.717) is 11.7 Å². The number of rotatable bonds is 5. The predicted molar refractivity (Wildman–Crippen MR) is 103 cm³/mol. The summed E-state index contributed by atoms with van der Waals surface area (Å²) in [5.74, 6) is 1.16. The summed E-state index contributed by atoms with van der Waals surface area (Å²) in [7, 11) is 0. The summed E-state index contributed by atoms with van der Waals surface area (Å²) in [5.41, 5.74) is 3.08. The van der Waals surface area contributed by atoms with Crippen LogP contribution >= 0.6 is 0 Å².